The minimum absolute atomic E-state index is 0.650. The van der Waals surface area contributed by atoms with E-state index in [1.165, 1.54) is 37.7 Å². The third-order valence-electron chi connectivity index (χ3n) is 6.67. The Kier molecular flexibility index (Phi) is 4.85. The second-order valence-electron chi connectivity index (χ2n) is 8.48. The summed E-state index contributed by atoms with van der Waals surface area (Å²) in [5.74, 6) is 0.690. The summed E-state index contributed by atoms with van der Waals surface area (Å²) in [5.41, 5.74) is 11.3. The molecule has 27 heavy (non-hydrogen) atoms. The summed E-state index contributed by atoms with van der Waals surface area (Å²) in [6, 6.07) is 14.3. The summed E-state index contributed by atoms with van der Waals surface area (Å²) in [7, 11) is 0. The molecule has 3 aliphatic carbocycles. The average molecular weight is 432 g/mol. The van der Waals surface area contributed by atoms with Crippen LogP contribution in [0.3, 0.4) is 0 Å². The molecule has 5 rings (SSSR count). The summed E-state index contributed by atoms with van der Waals surface area (Å²) in [6.07, 6.45) is 14.1. The quantitative estimate of drug-likeness (QED) is 0.483. The molecule has 3 aliphatic rings. The normalized spacial score (nSPS) is 23.0. The number of benzene rings is 2. The van der Waals surface area contributed by atoms with Crippen LogP contribution in [-0.2, 0) is 36.1 Å². The standard InChI is InChI=1S/C14H17.C12H11.Zr/c1-3-6-11(2)13-10-9-12-7-4-5-8-14(12)13;1-3-9-7-11-5-2-6-12(11)8-10(9)4-1;/h4-5,7-11H,3,6H2,1-2H3;1,3-4,7-8H,2,5-6H2;. The first-order valence-electron chi connectivity index (χ1n) is 10.7. The van der Waals surface area contributed by atoms with Crippen molar-refractivity contribution in [3.63, 3.8) is 0 Å². The van der Waals surface area contributed by atoms with Crippen molar-refractivity contribution in [1.82, 2.24) is 0 Å². The molecule has 0 heterocycles. The Labute approximate surface area is 175 Å². The first kappa shape index (κ1) is 17.9. The van der Waals surface area contributed by atoms with Crippen molar-refractivity contribution >= 4 is 11.6 Å². The SMILES string of the molecule is CCCC(C)C1=C[CH]([Zr][CH]2C=Cc3cc4c(cc32)CCC4)c2ccccc21. The van der Waals surface area contributed by atoms with Crippen LogP contribution in [0.4, 0.5) is 0 Å². The molecule has 0 saturated carbocycles. The first-order valence-corrected chi connectivity index (χ1v) is 13.5. The molecule has 0 bridgehead atoms. The fourth-order valence-electron chi connectivity index (χ4n) is 5.26. The average Bonchev–Trinajstić information content (AvgIpc) is 3.38. The Morgan fingerprint density at radius 2 is 1.85 bits per heavy atom. The van der Waals surface area contributed by atoms with E-state index in [0.29, 0.717) is 5.92 Å². The molecule has 0 nitrogen and oxygen atoms in total. The summed E-state index contributed by atoms with van der Waals surface area (Å²) >= 11 is -0.650. The third kappa shape index (κ3) is 3.17. The van der Waals surface area contributed by atoms with Crippen LogP contribution in [0.15, 0.2) is 48.6 Å². The van der Waals surface area contributed by atoms with Crippen molar-refractivity contribution in [1.29, 1.82) is 0 Å². The molecule has 2 aromatic carbocycles. The number of fused-ring (bicyclic) bond motifs is 3. The van der Waals surface area contributed by atoms with E-state index in [4.69, 9.17) is 0 Å². The number of allylic oxidation sites excluding steroid dienone is 3. The third-order valence-corrected chi connectivity index (χ3v) is 10.8. The van der Waals surface area contributed by atoms with E-state index in [0.717, 1.165) is 7.25 Å². The molecule has 136 valence electrons. The molecule has 0 radical (unpaired) electrons. The van der Waals surface area contributed by atoms with Crippen LogP contribution >= 0.6 is 0 Å². The van der Waals surface area contributed by atoms with Gasteiger partial charge in [-0.1, -0.05) is 0 Å². The molecule has 0 N–H and O–H groups in total. The molecule has 0 spiro atoms. The van der Waals surface area contributed by atoms with Gasteiger partial charge in [0.2, 0.25) is 0 Å². The van der Waals surface area contributed by atoms with E-state index in [1.807, 2.05) is 0 Å². The predicted molar refractivity (Wildman–Crippen MR) is 111 cm³/mol. The van der Waals surface area contributed by atoms with Crippen LogP contribution in [0.1, 0.15) is 73.7 Å². The van der Waals surface area contributed by atoms with Crippen LogP contribution in [0.2, 0.25) is 0 Å². The van der Waals surface area contributed by atoms with Gasteiger partial charge in [-0.05, 0) is 0 Å². The number of hydrogen-bond donors (Lipinski definition) is 0. The summed E-state index contributed by atoms with van der Waals surface area (Å²) < 4.78 is 1.47. The van der Waals surface area contributed by atoms with Gasteiger partial charge in [0.1, 0.15) is 0 Å². The van der Waals surface area contributed by atoms with Crippen molar-refractivity contribution in [2.45, 2.75) is 53.2 Å². The molecule has 3 unspecified atom stereocenters. The van der Waals surface area contributed by atoms with Gasteiger partial charge in [0.05, 0.1) is 0 Å². The fourth-order valence-corrected chi connectivity index (χ4v) is 9.52. The Morgan fingerprint density at radius 3 is 2.70 bits per heavy atom. The zero-order valence-corrected chi connectivity index (χ0v) is 18.9. The van der Waals surface area contributed by atoms with Crippen molar-refractivity contribution in [2.24, 2.45) is 5.92 Å². The Balaban J connectivity index is 1.45. The van der Waals surface area contributed by atoms with Gasteiger partial charge in [-0.15, -0.1) is 0 Å². The van der Waals surface area contributed by atoms with Gasteiger partial charge >= 0.3 is 176 Å². The molecule has 3 atom stereocenters. The Bertz CT molecular complexity index is 933. The van der Waals surface area contributed by atoms with E-state index in [9.17, 15) is 0 Å². The number of aryl methyl sites for hydroxylation is 2. The van der Waals surface area contributed by atoms with Crippen molar-refractivity contribution in [3.05, 3.63) is 81.9 Å². The molecule has 0 aliphatic heterocycles. The van der Waals surface area contributed by atoms with Gasteiger partial charge < -0.3 is 0 Å². The summed E-state index contributed by atoms with van der Waals surface area (Å²) in [5, 5.41) is 0. The molecular weight excluding hydrogens is 404 g/mol. The molecule has 0 fully saturated rings. The zero-order valence-electron chi connectivity index (χ0n) is 16.5. The van der Waals surface area contributed by atoms with Gasteiger partial charge in [-0.3, -0.25) is 0 Å². The van der Waals surface area contributed by atoms with Crippen molar-refractivity contribution in [2.75, 3.05) is 0 Å². The van der Waals surface area contributed by atoms with Crippen LogP contribution < -0.4 is 0 Å². The zero-order chi connectivity index (χ0) is 18.4. The monoisotopic (exact) mass is 430 g/mol. The van der Waals surface area contributed by atoms with Crippen LogP contribution in [0, 0.1) is 5.92 Å². The second-order valence-corrected chi connectivity index (χ2v) is 12.4. The van der Waals surface area contributed by atoms with E-state index < -0.39 is 23.2 Å². The molecule has 2 aromatic rings. The second kappa shape index (κ2) is 7.32. The maximum absolute atomic E-state index is 2.68. The van der Waals surface area contributed by atoms with Crippen LogP contribution in [-0.4, -0.2) is 0 Å². The van der Waals surface area contributed by atoms with Gasteiger partial charge in [0.15, 0.2) is 0 Å². The molecule has 0 aromatic heterocycles. The van der Waals surface area contributed by atoms with E-state index in [2.05, 4.69) is 68.5 Å². The van der Waals surface area contributed by atoms with Gasteiger partial charge in [0, 0.05) is 0 Å². The van der Waals surface area contributed by atoms with Gasteiger partial charge in [-0.2, -0.15) is 0 Å². The van der Waals surface area contributed by atoms with Gasteiger partial charge in [-0.25, -0.2) is 0 Å². The number of hydrogen-bond acceptors (Lipinski definition) is 0. The minimum atomic E-state index is -0.650. The molecular formula is C26H28Zr. The molecule has 1 heteroatoms. The van der Waals surface area contributed by atoms with E-state index in [1.54, 1.807) is 33.4 Å². The van der Waals surface area contributed by atoms with Crippen molar-refractivity contribution in [3.8, 4) is 0 Å². The fraction of sp³-hybridized carbons (Fsp3) is 0.385. The van der Waals surface area contributed by atoms with Gasteiger partial charge in [0.25, 0.3) is 0 Å². The predicted octanol–water partition coefficient (Wildman–Crippen LogP) is 6.90. The molecule has 0 amide bonds. The van der Waals surface area contributed by atoms with Crippen molar-refractivity contribution < 1.29 is 23.2 Å². The maximum atomic E-state index is 2.68. The number of rotatable bonds is 5. The Hall–Kier alpha value is -1.20. The van der Waals surface area contributed by atoms with Crippen LogP contribution in [0.25, 0.3) is 11.6 Å². The Morgan fingerprint density at radius 1 is 1.04 bits per heavy atom. The van der Waals surface area contributed by atoms with E-state index >= 15 is 0 Å². The summed E-state index contributed by atoms with van der Waals surface area (Å²) in [6.45, 7) is 4.73. The van der Waals surface area contributed by atoms with E-state index in [-0.39, 0.29) is 0 Å². The molecule has 0 saturated heterocycles. The van der Waals surface area contributed by atoms with Crippen LogP contribution in [0.5, 0.6) is 0 Å². The summed E-state index contributed by atoms with van der Waals surface area (Å²) in [4.78, 5) is 0. The topological polar surface area (TPSA) is 0 Å². The first-order chi connectivity index (χ1) is 13.2.